The fourth-order valence-corrected chi connectivity index (χ4v) is 2.38. The molecule has 0 spiro atoms. The second-order valence-corrected chi connectivity index (χ2v) is 5.50. The fourth-order valence-electron chi connectivity index (χ4n) is 2.38. The topological polar surface area (TPSA) is 59.0 Å². The smallest absolute Gasteiger partial charge is 0.223 e. The Morgan fingerprint density at radius 2 is 2.32 bits per heavy atom. The molecule has 1 aromatic rings. The lowest BCUT2D eigenvalue weighted by atomic mass is 9.88. The van der Waals surface area contributed by atoms with Crippen LogP contribution >= 0.6 is 0 Å². The minimum absolute atomic E-state index is 0.120. The van der Waals surface area contributed by atoms with Crippen molar-refractivity contribution in [3.05, 3.63) is 17.5 Å². The Hall–Kier alpha value is -1.36. The van der Waals surface area contributed by atoms with E-state index in [2.05, 4.69) is 28.7 Å². The van der Waals surface area contributed by atoms with Crippen LogP contribution in [-0.4, -0.2) is 35.3 Å². The summed E-state index contributed by atoms with van der Waals surface area (Å²) < 4.78 is 2.00. The Bertz CT molecular complexity index is 437. The van der Waals surface area contributed by atoms with Crippen LogP contribution in [0.5, 0.6) is 0 Å². The zero-order chi connectivity index (χ0) is 13.8. The van der Waals surface area contributed by atoms with Gasteiger partial charge in [0.25, 0.3) is 0 Å². The molecule has 1 fully saturated rings. The van der Waals surface area contributed by atoms with Gasteiger partial charge in [0.05, 0.1) is 5.69 Å². The lowest BCUT2D eigenvalue weighted by Crippen LogP contribution is -2.49. The highest BCUT2D eigenvalue weighted by Gasteiger charge is 2.28. The minimum atomic E-state index is 0.120. The van der Waals surface area contributed by atoms with Crippen molar-refractivity contribution in [2.24, 2.45) is 11.8 Å². The van der Waals surface area contributed by atoms with Gasteiger partial charge in [-0.1, -0.05) is 6.92 Å². The maximum Gasteiger partial charge on any atom is 0.223 e. The second-order valence-electron chi connectivity index (χ2n) is 5.50. The van der Waals surface area contributed by atoms with Gasteiger partial charge in [-0.3, -0.25) is 9.48 Å². The molecule has 5 heteroatoms. The molecular weight excluding hydrogens is 240 g/mol. The molecule has 19 heavy (non-hydrogen) atoms. The number of aromatic nitrogens is 2. The molecule has 0 aliphatic carbocycles. The van der Waals surface area contributed by atoms with Crippen molar-refractivity contribution in [1.29, 1.82) is 0 Å². The van der Waals surface area contributed by atoms with E-state index < -0.39 is 0 Å². The van der Waals surface area contributed by atoms with Crippen LogP contribution in [0.3, 0.4) is 0 Å². The first-order valence-electron chi connectivity index (χ1n) is 7.07. The third kappa shape index (κ3) is 3.56. The van der Waals surface area contributed by atoms with Crippen molar-refractivity contribution in [1.82, 2.24) is 20.4 Å². The Balaban J connectivity index is 1.66. The van der Waals surface area contributed by atoms with Gasteiger partial charge in [0.15, 0.2) is 0 Å². The number of hydrogen-bond acceptors (Lipinski definition) is 3. The highest BCUT2D eigenvalue weighted by molar-refractivity contribution is 5.78. The highest BCUT2D eigenvalue weighted by atomic mass is 16.1. The predicted octanol–water partition coefficient (Wildman–Crippen LogP) is 0.862. The Kier molecular flexibility index (Phi) is 4.58. The molecule has 2 rings (SSSR count). The van der Waals surface area contributed by atoms with Crippen LogP contribution in [0, 0.1) is 25.7 Å². The summed E-state index contributed by atoms with van der Waals surface area (Å²) in [5.74, 6) is 0.811. The number of carbonyl (C=O) groups excluding carboxylic acids is 1. The van der Waals surface area contributed by atoms with Gasteiger partial charge in [-0.25, -0.2) is 0 Å². The first-order chi connectivity index (χ1) is 9.08. The van der Waals surface area contributed by atoms with Gasteiger partial charge in [0.1, 0.15) is 0 Å². The van der Waals surface area contributed by atoms with Crippen LogP contribution in [-0.2, 0) is 11.3 Å². The van der Waals surface area contributed by atoms with Gasteiger partial charge in [0.2, 0.25) is 5.91 Å². The number of nitrogens with one attached hydrogen (secondary N) is 2. The second kappa shape index (κ2) is 6.19. The van der Waals surface area contributed by atoms with E-state index in [-0.39, 0.29) is 11.8 Å². The van der Waals surface area contributed by atoms with Gasteiger partial charge in [-0.15, -0.1) is 0 Å². The molecular formula is C14H24N4O. The normalized spacial score (nSPS) is 17.0. The zero-order valence-corrected chi connectivity index (χ0v) is 12.1. The first kappa shape index (κ1) is 14.1. The average Bonchev–Trinajstić information content (AvgIpc) is 2.60. The Morgan fingerprint density at radius 1 is 1.58 bits per heavy atom. The van der Waals surface area contributed by atoms with E-state index in [9.17, 15) is 4.79 Å². The van der Waals surface area contributed by atoms with Gasteiger partial charge < -0.3 is 10.6 Å². The monoisotopic (exact) mass is 264 g/mol. The number of hydrogen-bond donors (Lipinski definition) is 2. The number of rotatable bonds is 6. The zero-order valence-electron chi connectivity index (χ0n) is 12.1. The molecule has 1 amide bonds. The summed E-state index contributed by atoms with van der Waals surface area (Å²) in [4.78, 5) is 11.9. The summed E-state index contributed by atoms with van der Waals surface area (Å²) in [6.45, 7) is 9.60. The van der Waals surface area contributed by atoms with E-state index in [1.165, 1.54) is 5.69 Å². The largest absolute Gasteiger partial charge is 0.356 e. The van der Waals surface area contributed by atoms with Gasteiger partial charge in [-0.2, -0.15) is 5.10 Å². The van der Waals surface area contributed by atoms with Gasteiger partial charge >= 0.3 is 0 Å². The summed E-state index contributed by atoms with van der Waals surface area (Å²) in [7, 11) is 0. The summed E-state index contributed by atoms with van der Waals surface area (Å²) in [5, 5.41) is 10.6. The summed E-state index contributed by atoms with van der Waals surface area (Å²) >= 11 is 0. The van der Waals surface area contributed by atoms with E-state index in [1.807, 2.05) is 18.5 Å². The average molecular weight is 264 g/mol. The molecule has 106 valence electrons. The number of amides is 1. The third-order valence-corrected chi connectivity index (χ3v) is 3.88. The van der Waals surface area contributed by atoms with Crippen LogP contribution in [0.15, 0.2) is 6.07 Å². The van der Waals surface area contributed by atoms with E-state index in [4.69, 9.17) is 0 Å². The third-order valence-electron chi connectivity index (χ3n) is 3.88. The van der Waals surface area contributed by atoms with Gasteiger partial charge in [-0.05, 0) is 45.3 Å². The van der Waals surface area contributed by atoms with Crippen molar-refractivity contribution in [2.45, 2.75) is 33.7 Å². The van der Waals surface area contributed by atoms with Crippen molar-refractivity contribution >= 4 is 5.91 Å². The highest BCUT2D eigenvalue weighted by Crippen LogP contribution is 2.15. The Labute approximate surface area is 114 Å². The summed E-state index contributed by atoms with van der Waals surface area (Å²) in [6, 6.07) is 2.07. The number of nitrogens with zero attached hydrogens (tertiary/aromatic N) is 2. The quantitative estimate of drug-likeness (QED) is 0.749. The van der Waals surface area contributed by atoms with Crippen LogP contribution < -0.4 is 10.6 Å². The van der Waals surface area contributed by atoms with Crippen molar-refractivity contribution in [2.75, 3.05) is 19.6 Å². The fraction of sp³-hybridized carbons (Fsp3) is 0.714. The van der Waals surface area contributed by atoms with Crippen LogP contribution in [0.4, 0.5) is 0 Å². The number of aryl methyl sites for hydroxylation is 3. The minimum Gasteiger partial charge on any atom is -0.356 e. The summed E-state index contributed by atoms with van der Waals surface area (Å²) in [6.07, 6.45) is 0.920. The van der Waals surface area contributed by atoms with Crippen LogP contribution in [0.25, 0.3) is 0 Å². The molecule has 1 aliphatic heterocycles. The molecule has 0 saturated carbocycles. The van der Waals surface area contributed by atoms with Crippen molar-refractivity contribution < 1.29 is 4.79 Å². The molecule has 0 bridgehead atoms. The maximum absolute atomic E-state index is 11.9. The predicted molar refractivity (Wildman–Crippen MR) is 74.9 cm³/mol. The van der Waals surface area contributed by atoms with Crippen molar-refractivity contribution in [3.63, 3.8) is 0 Å². The van der Waals surface area contributed by atoms with E-state index >= 15 is 0 Å². The molecule has 1 atom stereocenters. The van der Waals surface area contributed by atoms with E-state index in [0.717, 1.165) is 38.3 Å². The van der Waals surface area contributed by atoms with Crippen LogP contribution in [0.1, 0.15) is 24.7 Å². The van der Waals surface area contributed by atoms with Crippen molar-refractivity contribution in [3.8, 4) is 0 Å². The lowest BCUT2D eigenvalue weighted by Gasteiger charge is -2.31. The molecule has 1 unspecified atom stereocenters. The lowest BCUT2D eigenvalue weighted by molar-refractivity contribution is -0.126. The van der Waals surface area contributed by atoms with Gasteiger partial charge in [0, 0.05) is 24.7 Å². The molecule has 2 N–H and O–H groups in total. The SMILES string of the molecule is Cc1cc(C)n(CCCNC(=O)C(C)C2CNC2)n1. The molecule has 2 heterocycles. The van der Waals surface area contributed by atoms with Crippen LogP contribution in [0.2, 0.25) is 0 Å². The molecule has 0 aromatic carbocycles. The molecule has 5 nitrogen and oxygen atoms in total. The first-order valence-corrected chi connectivity index (χ1v) is 7.07. The molecule has 1 aliphatic rings. The molecule has 0 radical (unpaired) electrons. The van der Waals surface area contributed by atoms with E-state index in [0.29, 0.717) is 5.92 Å². The number of carbonyl (C=O) groups is 1. The van der Waals surface area contributed by atoms with E-state index in [1.54, 1.807) is 0 Å². The molecule has 1 saturated heterocycles. The summed E-state index contributed by atoms with van der Waals surface area (Å²) in [5.41, 5.74) is 2.23. The standard InChI is InChI=1S/C14H24N4O/c1-10-7-11(2)18(17-10)6-4-5-16-14(19)12(3)13-8-15-9-13/h7,12-13,15H,4-6,8-9H2,1-3H3,(H,16,19). The molecule has 1 aromatic heterocycles. The Morgan fingerprint density at radius 3 is 2.84 bits per heavy atom. The maximum atomic E-state index is 11.9.